The minimum absolute atomic E-state index is 0.107. The van der Waals surface area contributed by atoms with Gasteiger partial charge in [0.15, 0.2) is 0 Å². The zero-order chi connectivity index (χ0) is 10.8. The van der Waals surface area contributed by atoms with Crippen molar-refractivity contribution in [3.8, 4) is 0 Å². The highest BCUT2D eigenvalue weighted by atomic mass is 16.5. The van der Waals surface area contributed by atoms with Crippen molar-refractivity contribution in [3.63, 3.8) is 0 Å². The number of rotatable bonds is 3. The lowest BCUT2D eigenvalue weighted by Crippen LogP contribution is -2.57. The van der Waals surface area contributed by atoms with Gasteiger partial charge in [-0.25, -0.2) is 0 Å². The first kappa shape index (κ1) is 11.7. The van der Waals surface area contributed by atoms with Crippen molar-refractivity contribution in [1.82, 2.24) is 4.90 Å². The minimum Gasteiger partial charge on any atom is -0.367 e. The molecule has 0 aliphatic carbocycles. The van der Waals surface area contributed by atoms with E-state index in [2.05, 4.69) is 32.6 Å². The van der Waals surface area contributed by atoms with E-state index in [4.69, 9.17) is 4.74 Å². The van der Waals surface area contributed by atoms with Gasteiger partial charge in [-0.15, -0.1) is 0 Å². The molecule has 1 aliphatic rings. The molecule has 1 fully saturated rings. The van der Waals surface area contributed by atoms with Crippen LogP contribution in [-0.4, -0.2) is 42.0 Å². The first-order chi connectivity index (χ1) is 6.35. The van der Waals surface area contributed by atoms with Crippen LogP contribution in [0.15, 0.2) is 0 Å². The molecule has 0 aromatic heterocycles. The second kappa shape index (κ2) is 3.99. The molecular formula is C11H21NO2. The van der Waals surface area contributed by atoms with Gasteiger partial charge < -0.3 is 9.53 Å². The third kappa shape index (κ3) is 3.39. The fourth-order valence-corrected chi connectivity index (χ4v) is 2.34. The Kier molecular flexibility index (Phi) is 3.32. The summed E-state index contributed by atoms with van der Waals surface area (Å²) in [6.45, 7) is 11.1. The molecule has 3 nitrogen and oxygen atoms in total. The molecule has 0 saturated carbocycles. The second-order valence-electron chi connectivity index (χ2n) is 5.29. The lowest BCUT2D eigenvalue weighted by atomic mass is 9.99. The fourth-order valence-electron chi connectivity index (χ4n) is 2.34. The number of hydrogen-bond acceptors (Lipinski definition) is 3. The van der Waals surface area contributed by atoms with Gasteiger partial charge in [-0.05, 0) is 27.7 Å². The smallest absolute Gasteiger partial charge is 0.121 e. The Morgan fingerprint density at radius 2 is 1.71 bits per heavy atom. The van der Waals surface area contributed by atoms with Crippen molar-refractivity contribution in [2.24, 2.45) is 0 Å². The van der Waals surface area contributed by atoms with Crippen molar-refractivity contribution in [1.29, 1.82) is 0 Å². The van der Waals surface area contributed by atoms with E-state index in [0.29, 0.717) is 6.42 Å². The first-order valence-electron chi connectivity index (χ1n) is 5.21. The van der Waals surface area contributed by atoms with Crippen LogP contribution in [0.25, 0.3) is 0 Å². The molecule has 1 aliphatic heterocycles. The Morgan fingerprint density at radius 1 is 1.21 bits per heavy atom. The van der Waals surface area contributed by atoms with Gasteiger partial charge >= 0.3 is 0 Å². The predicted octanol–water partition coefficient (Wildman–Crippen LogP) is 1.46. The van der Waals surface area contributed by atoms with Crippen LogP contribution in [0.3, 0.4) is 0 Å². The molecule has 0 N–H and O–H groups in total. The molecule has 0 aromatic carbocycles. The van der Waals surface area contributed by atoms with E-state index < -0.39 is 0 Å². The van der Waals surface area contributed by atoms with E-state index in [0.717, 1.165) is 25.9 Å². The maximum atomic E-state index is 10.3. The van der Waals surface area contributed by atoms with Crippen molar-refractivity contribution in [3.05, 3.63) is 0 Å². The van der Waals surface area contributed by atoms with E-state index >= 15 is 0 Å². The van der Waals surface area contributed by atoms with Crippen LogP contribution in [0, 0.1) is 0 Å². The van der Waals surface area contributed by atoms with Crippen LogP contribution in [0.4, 0.5) is 0 Å². The SMILES string of the molecule is CC1(C)CN(CCC=O)CC(C)(C)O1. The molecule has 1 rings (SSSR count). The lowest BCUT2D eigenvalue weighted by molar-refractivity contribution is -0.180. The van der Waals surface area contributed by atoms with Gasteiger partial charge in [-0.1, -0.05) is 0 Å². The Hall–Kier alpha value is -0.410. The Balaban J connectivity index is 2.57. The number of aldehydes is 1. The summed E-state index contributed by atoms with van der Waals surface area (Å²) >= 11 is 0. The molecule has 0 bridgehead atoms. The molecule has 0 aromatic rings. The first-order valence-corrected chi connectivity index (χ1v) is 5.21. The molecule has 1 heterocycles. The number of carbonyl (C=O) groups excluding carboxylic acids is 1. The monoisotopic (exact) mass is 199 g/mol. The van der Waals surface area contributed by atoms with Gasteiger partial charge in [0.1, 0.15) is 6.29 Å². The summed E-state index contributed by atoms with van der Waals surface area (Å²) in [6, 6.07) is 0. The van der Waals surface area contributed by atoms with E-state index in [1.807, 2.05) is 0 Å². The minimum atomic E-state index is -0.107. The Bertz CT molecular complexity index is 195. The molecule has 0 atom stereocenters. The van der Waals surface area contributed by atoms with Gasteiger partial charge in [0.25, 0.3) is 0 Å². The summed E-state index contributed by atoms with van der Waals surface area (Å²) in [6.07, 6.45) is 1.60. The van der Waals surface area contributed by atoms with Crippen molar-refractivity contribution >= 4 is 6.29 Å². The average molecular weight is 199 g/mol. The number of hydrogen-bond donors (Lipinski definition) is 0. The highest BCUT2D eigenvalue weighted by Gasteiger charge is 2.37. The Morgan fingerprint density at radius 3 is 2.14 bits per heavy atom. The summed E-state index contributed by atoms with van der Waals surface area (Å²) < 4.78 is 5.94. The Labute approximate surface area is 86.4 Å². The molecular weight excluding hydrogens is 178 g/mol. The zero-order valence-electron chi connectivity index (χ0n) is 9.67. The van der Waals surface area contributed by atoms with E-state index in [1.165, 1.54) is 0 Å². The fraction of sp³-hybridized carbons (Fsp3) is 0.909. The van der Waals surface area contributed by atoms with E-state index in [1.54, 1.807) is 0 Å². The number of carbonyl (C=O) groups is 1. The molecule has 0 radical (unpaired) electrons. The highest BCUT2D eigenvalue weighted by Crippen LogP contribution is 2.27. The van der Waals surface area contributed by atoms with E-state index in [-0.39, 0.29) is 11.2 Å². The van der Waals surface area contributed by atoms with Crippen LogP contribution in [0.5, 0.6) is 0 Å². The van der Waals surface area contributed by atoms with Gasteiger partial charge in [-0.2, -0.15) is 0 Å². The van der Waals surface area contributed by atoms with Crippen LogP contribution in [-0.2, 0) is 9.53 Å². The van der Waals surface area contributed by atoms with E-state index in [9.17, 15) is 4.79 Å². The summed E-state index contributed by atoms with van der Waals surface area (Å²) in [7, 11) is 0. The number of morpholine rings is 1. The van der Waals surface area contributed by atoms with Gasteiger partial charge in [0, 0.05) is 26.1 Å². The summed E-state index contributed by atoms with van der Waals surface area (Å²) in [5, 5.41) is 0. The standard InChI is InChI=1S/C11H21NO2/c1-10(2)8-12(6-5-7-13)9-11(3,4)14-10/h7H,5-6,8-9H2,1-4H3. The topological polar surface area (TPSA) is 29.5 Å². The average Bonchev–Trinajstić information content (AvgIpc) is 1.94. The second-order valence-corrected chi connectivity index (χ2v) is 5.29. The summed E-state index contributed by atoms with van der Waals surface area (Å²) in [5.41, 5.74) is -0.213. The third-order valence-corrected chi connectivity index (χ3v) is 2.32. The molecule has 0 unspecified atom stereocenters. The van der Waals surface area contributed by atoms with Crippen molar-refractivity contribution in [2.75, 3.05) is 19.6 Å². The number of ether oxygens (including phenoxy) is 1. The molecule has 14 heavy (non-hydrogen) atoms. The van der Waals surface area contributed by atoms with Crippen LogP contribution < -0.4 is 0 Å². The predicted molar refractivity (Wildman–Crippen MR) is 56.4 cm³/mol. The maximum Gasteiger partial charge on any atom is 0.121 e. The molecule has 0 amide bonds. The lowest BCUT2D eigenvalue weighted by Gasteiger charge is -2.47. The van der Waals surface area contributed by atoms with Crippen molar-refractivity contribution in [2.45, 2.75) is 45.3 Å². The zero-order valence-corrected chi connectivity index (χ0v) is 9.67. The summed E-state index contributed by atoms with van der Waals surface area (Å²) in [5.74, 6) is 0. The van der Waals surface area contributed by atoms with Gasteiger partial charge in [0.05, 0.1) is 11.2 Å². The molecule has 82 valence electrons. The van der Waals surface area contributed by atoms with Crippen LogP contribution >= 0.6 is 0 Å². The van der Waals surface area contributed by atoms with Crippen molar-refractivity contribution < 1.29 is 9.53 Å². The third-order valence-electron chi connectivity index (χ3n) is 2.32. The van der Waals surface area contributed by atoms with Gasteiger partial charge in [-0.3, -0.25) is 4.90 Å². The van der Waals surface area contributed by atoms with Crippen LogP contribution in [0.2, 0.25) is 0 Å². The maximum absolute atomic E-state index is 10.3. The summed E-state index contributed by atoms with van der Waals surface area (Å²) in [4.78, 5) is 12.6. The number of nitrogens with zero attached hydrogens (tertiary/aromatic N) is 1. The van der Waals surface area contributed by atoms with Gasteiger partial charge in [0.2, 0.25) is 0 Å². The molecule has 0 spiro atoms. The molecule has 3 heteroatoms. The quantitative estimate of drug-likeness (QED) is 0.645. The highest BCUT2D eigenvalue weighted by molar-refractivity contribution is 5.49. The normalized spacial score (nSPS) is 26.0. The van der Waals surface area contributed by atoms with Crippen LogP contribution in [0.1, 0.15) is 34.1 Å². The largest absolute Gasteiger partial charge is 0.367 e. The molecule has 1 saturated heterocycles.